The van der Waals surface area contributed by atoms with Crippen LogP contribution in [0.4, 0.5) is 0 Å². The van der Waals surface area contributed by atoms with Gasteiger partial charge in [0, 0.05) is 16.3 Å². The Hall–Kier alpha value is -2.73. The standard InChI is InChI=1S/C27H24N4O2S4.ClH/c1-34-27-20(15-23(36-27)25(28)29)26-30-22(16-35-26)21(14-17-8-3-2-4-9-17)31-37(32,33)24-13-7-11-18-10-5-6-12-19(18)24;/h2-13,15-16,21,31H,14H2,1H3,(H3,28,29);1H. The summed E-state index contributed by atoms with van der Waals surface area (Å²) in [6.07, 6.45) is 2.43. The smallest absolute Gasteiger partial charge is 0.241 e. The van der Waals surface area contributed by atoms with Gasteiger partial charge >= 0.3 is 0 Å². The van der Waals surface area contributed by atoms with Crippen LogP contribution in [0, 0.1) is 5.41 Å². The lowest BCUT2D eigenvalue weighted by molar-refractivity contribution is 0.552. The Kier molecular flexibility index (Phi) is 8.92. The van der Waals surface area contributed by atoms with Crippen LogP contribution >= 0.6 is 46.8 Å². The summed E-state index contributed by atoms with van der Waals surface area (Å²) in [5.41, 5.74) is 8.28. The molecule has 196 valence electrons. The van der Waals surface area contributed by atoms with Crippen LogP contribution in [0.3, 0.4) is 0 Å². The highest BCUT2D eigenvalue weighted by Gasteiger charge is 2.26. The minimum Gasteiger partial charge on any atom is -0.383 e. The summed E-state index contributed by atoms with van der Waals surface area (Å²) in [6.45, 7) is 0. The minimum absolute atomic E-state index is 0. The summed E-state index contributed by atoms with van der Waals surface area (Å²) in [5.74, 6) is 0.0214. The monoisotopic (exact) mass is 600 g/mol. The van der Waals surface area contributed by atoms with Crippen molar-refractivity contribution in [3.8, 4) is 10.6 Å². The van der Waals surface area contributed by atoms with Gasteiger partial charge in [-0.2, -0.15) is 0 Å². The summed E-state index contributed by atoms with van der Waals surface area (Å²) in [4.78, 5) is 5.80. The Balaban J connectivity index is 0.00000336. The molecule has 0 radical (unpaired) electrons. The fourth-order valence-electron chi connectivity index (χ4n) is 4.11. The number of nitrogens with zero attached hydrogens (tertiary/aromatic N) is 1. The number of halogens is 1. The lowest BCUT2D eigenvalue weighted by atomic mass is 10.1. The topological polar surface area (TPSA) is 109 Å². The molecule has 0 aliphatic carbocycles. The van der Waals surface area contributed by atoms with Crippen molar-refractivity contribution in [1.29, 1.82) is 5.41 Å². The predicted molar refractivity (Wildman–Crippen MR) is 163 cm³/mol. The van der Waals surface area contributed by atoms with Crippen molar-refractivity contribution in [2.24, 2.45) is 5.73 Å². The van der Waals surface area contributed by atoms with Crippen molar-refractivity contribution in [2.45, 2.75) is 21.6 Å². The number of nitrogens with two attached hydrogens (primary N) is 1. The fourth-order valence-corrected chi connectivity index (χ4v) is 8.31. The first kappa shape index (κ1) is 28.3. The number of amidine groups is 1. The van der Waals surface area contributed by atoms with E-state index in [2.05, 4.69) is 4.72 Å². The zero-order chi connectivity index (χ0) is 26.0. The van der Waals surface area contributed by atoms with Crippen molar-refractivity contribution in [2.75, 3.05) is 6.26 Å². The second kappa shape index (κ2) is 12.0. The third kappa shape index (κ3) is 5.96. The molecule has 0 saturated heterocycles. The number of nitrogen functional groups attached to an aromatic ring is 1. The Morgan fingerprint density at radius 1 is 1.08 bits per heavy atom. The summed E-state index contributed by atoms with van der Waals surface area (Å²) >= 11 is 4.49. The zero-order valence-corrected chi connectivity index (χ0v) is 24.3. The summed E-state index contributed by atoms with van der Waals surface area (Å²) in [6, 6.07) is 23.9. The third-order valence-electron chi connectivity index (χ3n) is 5.88. The number of sulfonamides is 1. The van der Waals surface area contributed by atoms with Crippen LogP contribution in [0.5, 0.6) is 0 Å². The van der Waals surface area contributed by atoms with Crippen LogP contribution in [0.25, 0.3) is 21.3 Å². The molecule has 0 aliphatic heterocycles. The van der Waals surface area contributed by atoms with Gasteiger partial charge < -0.3 is 5.73 Å². The predicted octanol–water partition coefficient (Wildman–Crippen LogP) is 6.71. The maximum absolute atomic E-state index is 13.7. The van der Waals surface area contributed by atoms with E-state index in [0.717, 1.165) is 25.7 Å². The first-order chi connectivity index (χ1) is 17.9. The molecule has 38 heavy (non-hydrogen) atoms. The number of hydrogen-bond donors (Lipinski definition) is 3. The Bertz CT molecular complexity index is 1680. The molecule has 0 aliphatic rings. The van der Waals surface area contributed by atoms with E-state index in [0.29, 0.717) is 22.4 Å². The first-order valence-corrected chi connectivity index (χ1v) is 15.8. The average molecular weight is 601 g/mol. The van der Waals surface area contributed by atoms with Gasteiger partial charge in [0.15, 0.2) is 0 Å². The molecule has 5 rings (SSSR count). The second-order valence-electron chi connectivity index (χ2n) is 8.35. The molecule has 2 heterocycles. The highest BCUT2D eigenvalue weighted by molar-refractivity contribution is 8.00. The van der Waals surface area contributed by atoms with Gasteiger partial charge in [-0.05, 0) is 35.8 Å². The molecule has 0 fully saturated rings. The number of benzene rings is 3. The van der Waals surface area contributed by atoms with Crippen molar-refractivity contribution >= 4 is 73.5 Å². The second-order valence-corrected chi connectivity index (χ2v) is 13.0. The normalized spacial score (nSPS) is 12.2. The van der Waals surface area contributed by atoms with Crippen molar-refractivity contribution in [3.05, 3.63) is 100 Å². The number of rotatable bonds is 9. The van der Waals surface area contributed by atoms with Crippen LogP contribution < -0.4 is 10.5 Å². The molecule has 1 atom stereocenters. The van der Waals surface area contributed by atoms with Crippen LogP contribution in [-0.2, 0) is 16.4 Å². The summed E-state index contributed by atoms with van der Waals surface area (Å²) < 4.78 is 31.4. The largest absolute Gasteiger partial charge is 0.383 e. The average Bonchev–Trinajstić information content (AvgIpc) is 3.56. The number of hydrogen-bond acceptors (Lipinski definition) is 7. The van der Waals surface area contributed by atoms with Gasteiger partial charge in [0.1, 0.15) is 10.8 Å². The lowest BCUT2D eigenvalue weighted by Gasteiger charge is -2.18. The SMILES string of the molecule is CSc1sc(C(=N)N)cc1-c1nc(C(Cc2ccccc2)NS(=O)(=O)c2cccc3ccccc23)cs1.Cl. The quantitative estimate of drug-likeness (QED) is 0.0989. The van der Waals surface area contributed by atoms with E-state index in [1.807, 2.05) is 78.4 Å². The van der Waals surface area contributed by atoms with E-state index >= 15 is 0 Å². The van der Waals surface area contributed by atoms with E-state index in [1.54, 1.807) is 23.9 Å². The number of thiazole rings is 1. The number of aromatic nitrogens is 1. The number of nitrogens with one attached hydrogen (secondary N) is 2. The maximum Gasteiger partial charge on any atom is 0.241 e. The number of fused-ring (bicyclic) bond motifs is 1. The fraction of sp³-hybridized carbons (Fsp3) is 0.111. The lowest BCUT2D eigenvalue weighted by Crippen LogP contribution is -2.30. The van der Waals surface area contributed by atoms with Gasteiger partial charge in [0.25, 0.3) is 0 Å². The first-order valence-electron chi connectivity index (χ1n) is 11.4. The Labute approximate surface area is 240 Å². The molecule has 0 amide bonds. The Morgan fingerprint density at radius 2 is 1.79 bits per heavy atom. The molecule has 5 aromatic rings. The van der Waals surface area contributed by atoms with E-state index in [9.17, 15) is 8.42 Å². The van der Waals surface area contributed by atoms with Crippen LogP contribution in [-0.4, -0.2) is 25.5 Å². The Morgan fingerprint density at radius 3 is 2.53 bits per heavy atom. The molecule has 1 unspecified atom stereocenters. The molecule has 4 N–H and O–H groups in total. The molecule has 0 bridgehead atoms. The summed E-state index contributed by atoms with van der Waals surface area (Å²) in [5, 5.41) is 12.0. The van der Waals surface area contributed by atoms with E-state index in [1.165, 1.54) is 22.7 Å². The molecule has 0 spiro atoms. The highest BCUT2D eigenvalue weighted by Crippen LogP contribution is 2.40. The molecule has 2 aromatic heterocycles. The maximum atomic E-state index is 13.7. The van der Waals surface area contributed by atoms with Crippen molar-refractivity contribution in [3.63, 3.8) is 0 Å². The van der Waals surface area contributed by atoms with Crippen molar-refractivity contribution in [1.82, 2.24) is 9.71 Å². The molecular weight excluding hydrogens is 576 g/mol. The zero-order valence-electron chi connectivity index (χ0n) is 20.2. The number of thiophene rings is 1. The van der Waals surface area contributed by atoms with Gasteiger partial charge in [-0.1, -0.05) is 66.7 Å². The van der Waals surface area contributed by atoms with Gasteiger partial charge in [-0.15, -0.1) is 46.8 Å². The van der Waals surface area contributed by atoms with E-state index in [-0.39, 0.29) is 23.1 Å². The molecule has 3 aromatic carbocycles. The van der Waals surface area contributed by atoms with Gasteiger partial charge in [-0.3, -0.25) is 5.41 Å². The van der Waals surface area contributed by atoms with Crippen LogP contribution in [0.2, 0.25) is 0 Å². The molecule has 11 heteroatoms. The van der Waals surface area contributed by atoms with Gasteiger partial charge in [0.05, 0.1) is 25.7 Å². The molecular formula is C27H25ClN4O2S4. The van der Waals surface area contributed by atoms with Crippen LogP contribution in [0.1, 0.15) is 22.2 Å². The number of thioether (sulfide) groups is 1. The third-order valence-corrected chi connectivity index (χ3v) is 10.6. The molecule has 6 nitrogen and oxygen atoms in total. The van der Waals surface area contributed by atoms with E-state index < -0.39 is 16.1 Å². The highest BCUT2D eigenvalue weighted by atomic mass is 35.5. The van der Waals surface area contributed by atoms with Crippen molar-refractivity contribution < 1.29 is 8.42 Å². The van der Waals surface area contributed by atoms with Gasteiger partial charge in [0.2, 0.25) is 10.0 Å². The summed E-state index contributed by atoms with van der Waals surface area (Å²) in [7, 11) is -3.86. The van der Waals surface area contributed by atoms with E-state index in [4.69, 9.17) is 16.1 Å². The van der Waals surface area contributed by atoms with Gasteiger partial charge in [-0.25, -0.2) is 18.1 Å². The minimum atomic E-state index is -3.86. The van der Waals surface area contributed by atoms with Crippen LogP contribution in [0.15, 0.2) is 93.3 Å². The molecule has 0 saturated carbocycles.